The lowest BCUT2D eigenvalue weighted by Crippen LogP contribution is -2.52. The summed E-state index contributed by atoms with van der Waals surface area (Å²) in [6.07, 6.45) is 0.629. The lowest BCUT2D eigenvalue weighted by molar-refractivity contribution is -0.141. The van der Waals surface area contributed by atoms with Gasteiger partial charge in [-0.15, -0.1) is 11.3 Å². The number of hydrogen-bond donors (Lipinski definition) is 3. The molecule has 1 rings (SSSR count). The Morgan fingerprint density at radius 1 is 1.47 bits per heavy atom. The molecule has 0 aliphatic rings. The van der Waals surface area contributed by atoms with Crippen LogP contribution in [0.5, 0.6) is 0 Å². The molecule has 0 radical (unpaired) electrons. The molecule has 19 heavy (non-hydrogen) atoms. The average molecular weight is 285 g/mol. The smallest absolute Gasteiger partial charge is 0.326 e. The van der Waals surface area contributed by atoms with Gasteiger partial charge in [-0.1, -0.05) is 20.8 Å². The van der Waals surface area contributed by atoms with Crippen molar-refractivity contribution in [3.8, 4) is 0 Å². The van der Waals surface area contributed by atoms with Crippen molar-refractivity contribution in [3.05, 3.63) is 16.6 Å². The minimum atomic E-state index is -1.04. The molecule has 106 valence electrons. The van der Waals surface area contributed by atoms with Gasteiger partial charge in [0.25, 0.3) is 0 Å². The fraction of sp³-hybridized carbons (Fsp3) is 0.583. The molecule has 1 aromatic heterocycles. The third-order valence-electron chi connectivity index (χ3n) is 2.54. The molecule has 0 spiro atoms. The third kappa shape index (κ3) is 5.25. The topological polar surface area (TPSA) is 91.3 Å². The van der Waals surface area contributed by atoms with Gasteiger partial charge in [-0.3, -0.25) is 0 Å². The number of carbonyl (C=O) groups excluding carboxylic acids is 1. The summed E-state index contributed by atoms with van der Waals surface area (Å²) in [5.74, 6) is -1.04. The molecule has 0 fully saturated rings. The van der Waals surface area contributed by atoms with E-state index in [0.29, 0.717) is 13.0 Å². The summed E-state index contributed by atoms with van der Waals surface area (Å²) in [5.41, 5.74) is 2.10. The van der Waals surface area contributed by atoms with Crippen LogP contribution in [0.15, 0.2) is 10.9 Å². The number of nitrogens with one attached hydrogen (secondary N) is 2. The number of nitrogens with zero attached hydrogens (tertiary/aromatic N) is 1. The molecule has 0 saturated heterocycles. The van der Waals surface area contributed by atoms with Crippen molar-refractivity contribution in [1.29, 1.82) is 0 Å². The molecule has 1 aromatic rings. The molecule has 0 aliphatic heterocycles. The van der Waals surface area contributed by atoms with Crippen LogP contribution >= 0.6 is 11.3 Å². The van der Waals surface area contributed by atoms with Crippen molar-refractivity contribution in [3.63, 3.8) is 0 Å². The van der Waals surface area contributed by atoms with Crippen LogP contribution in [0.25, 0.3) is 0 Å². The Balaban J connectivity index is 2.39. The molecule has 2 amide bonds. The number of thiazole rings is 1. The summed E-state index contributed by atoms with van der Waals surface area (Å²) in [7, 11) is 0. The Hall–Kier alpha value is -1.63. The Labute approximate surface area is 116 Å². The predicted molar refractivity (Wildman–Crippen MR) is 73.2 cm³/mol. The Morgan fingerprint density at radius 2 is 2.16 bits per heavy atom. The van der Waals surface area contributed by atoms with Gasteiger partial charge in [0.1, 0.15) is 6.04 Å². The second-order valence-electron chi connectivity index (χ2n) is 5.27. The van der Waals surface area contributed by atoms with Crippen LogP contribution < -0.4 is 10.6 Å². The Bertz CT molecular complexity index is 426. The van der Waals surface area contributed by atoms with Gasteiger partial charge in [-0.25, -0.2) is 14.6 Å². The first-order valence-corrected chi connectivity index (χ1v) is 6.89. The first-order chi connectivity index (χ1) is 8.80. The predicted octanol–water partition coefficient (Wildman–Crippen LogP) is 1.48. The minimum Gasteiger partial charge on any atom is -0.480 e. The van der Waals surface area contributed by atoms with Crippen molar-refractivity contribution in [2.45, 2.75) is 33.2 Å². The van der Waals surface area contributed by atoms with Gasteiger partial charge in [0, 0.05) is 18.3 Å². The van der Waals surface area contributed by atoms with E-state index in [9.17, 15) is 9.59 Å². The zero-order valence-electron chi connectivity index (χ0n) is 11.3. The van der Waals surface area contributed by atoms with Crippen LogP contribution in [0.2, 0.25) is 0 Å². The molecule has 0 saturated carbocycles. The number of aromatic nitrogens is 1. The highest BCUT2D eigenvalue weighted by Crippen LogP contribution is 2.19. The first kappa shape index (κ1) is 15.4. The third-order valence-corrected chi connectivity index (χ3v) is 3.17. The number of aliphatic carboxylic acids is 1. The van der Waals surface area contributed by atoms with E-state index in [1.165, 1.54) is 11.3 Å². The van der Waals surface area contributed by atoms with Crippen molar-refractivity contribution in [2.75, 3.05) is 6.54 Å². The molecule has 0 aromatic carbocycles. The summed E-state index contributed by atoms with van der Waals surface area (Å²) >= 11 is 1.50. The SMILES string of the molecule is CC(C)(C)C(NC(=O)NCCc1cscn1)C(=O)O. The summed E-state index contributed by atoms with van der Waals surface area (Å²) in [6.45, 7) is 5.72. The van der Waals surface area contributed by atoms with Gasteiger partial charge < -0.3 is 15.7 Å². The van der Waals surface area contributed by atoms with E-state index in [2.05, 4.69) is 15.6 Å². The number of amides is 2. The molecule has 0 aliphatic carbocycles. The zero-order chi connectivity index (χ0) is 14.5. The standard InChI is InChI=1S/C12H19N3O3S/c1-12(2,3)9(10(16)17)15-11(18)13-5-4-8-6-19-7-14-8/h6-7,9H,4-5H2,1-3H3,(H,16,17)(H2,13,15,18). The molecule has 1 atom stereocenters. The van der Waals surface area contributed by atoms with E-state index >= 15 is 0 Å². The van der Waals surface area contributed by atoms with Crippen LogP contribution in [-0.4, -0.2) is 34.7 Å². The molecule has 6 nitrogen and oxygen atoms in total. The fourth-order valence-electron chi connectivity index (χ4n) is 1.50. The van der Waals surface area contributed by atoms with E-state index in [1.54, 1.807) is 26.3 Å². The van der Waals surface area contributed by atoms with Crippen molar-refractivity contribution >= 4 is 23.3 Å². The van der Waals surface area contributed by atoms with Crippen LogP contribution in [0.1, 0.15) is 26.5 Å². The van der Waals surface area contributed by atoms with Crippen LogP contribution in [-0.2, 0) is 11.2 Å². The molecule has 3 N–H and O–H groups in total. The van der Waals surface area contributed by atoms with Crippen molar-refractivity contribution in [2.24, 2.45) is 5.41 Å². The largest absolute Gasteiger partial charge is 0.480 e. The van der Waals surface area contributed by atoms with E-state index in [-0.39, 0.29) is 0 Å². The minimum absolute atomic E-state index is 0.423. The number of hydrogen-bond acceptors (Lipinski definition) is 4. The second kappa shape index (κ2) is 6.51. The molecule has 0 bridgehead atoms. The van der Waals surface area contributed by atoms with Gasteiger partial charge >= 0.3 is 12.0 Å². The lowest BCUT2D eigenvalue weighted by atomic mass is 9.87. The summed E-state index contributed by atoms with van der Waals surface area (Å²) in [6, 6.07) is -1.40. The molecule has 7 heteroatoms. The highest BCUT2D eigenvalue weighted by atomic mass is 32.1. The van der Waals surface area contributed by atoms with Gasteiger partial charge in [-0.2, -0.15) is 0 Å². The molecular formula is C12H19N3O3S. The number of carboxylic acids is 1. The molecular weight excluding hydrogens is 266 g/mol. The number of rotatable bonds is 5. The van der Waals surface area contributed by atoms with E-state index < -0.39 is 23.5 Å². The van der Waals surface area contributed by atoms with Gasteiger partial charge in [0.15, 0.2) is 0 Å². The fourth-order valence-corrected chi connectivity index (χ4v) is 2.09. The van der Waals surface area contributed by atoms with Gasteiger partial charge in [0.05, 0.1) is 11.2 Å². The first-order valence-electron chi connectivity index (χ1n) is 5.95. The maximum atomic E-state index is 11.6. The van der Waals surface area contributed by atoms with Gasteiger partial charge in [-0.05, 0) is 5.41 Å². The second-order valence-corrected chi connectivity index (χ2v) is 5.99. The van der Waals surface area contributed by atoms with E-state index in [0.717, 1.165) is 5.69 Å². The summed E-state index contributed by atoms with van der Waals surface area (Å²) in [5, 5.41) is 16.1. The van der Waals surface area contributed by atoms with Crippen LogP contribution in [0, 0.1) is 5.41 Å². The summed E-state index contributed by atoms with van der Waals surface area (Å²) in [4.78, 5) is 26.8. The number of carbonyl (C=O) groups is 2. The normalized spacial score (nSPS) is 12.8. The maximum absolute atomic E-state index is 11.6. The molecule has 1 unspecified atom stereocenters. The zero-order valence-corrected chi connectivity index (χ0v) is 12.1. The monoisotopic (exact) mass is 285 g/mol. The average Bonchev–Trinajstić information content (AvgIpc) is 2.77. The summed E-state index contributed by atoms with van der Waals surface area (Å²) < 4.78 is 0. The van der Waals surface area contributed by atoms with Crippen molar-refractivity contribution in [1.82, 2.24) is 15.6 Å². The van der Waals surface area contributed by atoms with Crippen molar-refractivity contribution < 1.29 is 14.7 Å². The van der Waals surface area contributed by atoms with Crippen LogP contribution in [0.4, 0.5) is 4.79 Å². The van der Waals surface area contributed by atoms with E-state index in [4.69, 9.17) is 5.11 Å². The molecule has 1 heterocycles. The van der Waals surface area contributed by atoms with Crippen LogP contribution in [0.3, 0.4) is 0 Å². The number of urea groups is 1. The highest BCUT2D eigenvalue weighted by Gasteiger charge is 2.32. The maximum Gasteiger partial charge on any atom is 0.326 e. The quantitative estimate of drug-likeness (QED) is 0.764. The Morgan fingerprint density at radius 3 is 2.63 bits per heavy atom. The number of carboxylic acid groups (broad SMARTS) is 1. The highest BCUT2D eigenvalue weighted by molar-refractivity contribution is 7.07. The lowest BCUT2D eigenvalue weighted by Gasteiger charge is -2.27. The Kier molecular flexibility index (Phi) is 5.29. The van der Waals surface area contributed by atoms with Gasteiger partial charge in [0.2, 0.25) is 0 Å². The van der Waals surface area contributed by atoms with E-state index in [1.807, 2.05) is 5.38 Å².